The Labute approximate surface area is 175 Å². The van der Waals surface area contributed by atoms with Crippen molar-refractivity contribution in [3.63, 3.8) is 0 Å². The van der Waals surface area contributed by atoms with E-state index in [2.05, 4.69) is 77.6 Å². The van der Waals surface area contributed by atoms with Crippen molar-refractivity contribution in [3.05, 3.63) is 60.0 Å². The third-order valence-corrected chi connectivity index (χ3v) is 5.89. The maximum Gasteiger partial charge on any atom is 0.134 e. The molecule has 7 heteroatoms. The number of hydrogen-bond donors (Lipinski definition) is 1. The molecule has 0 unspecified atom stereocenters. The molecule has 156 valence electrons. The van der Waals surface area contributed by atoms with Crippen LogP contribution >= 0.6 is 0 Å². The molecule has 2 atom stereocenters. The molecule has 0 aliphatic rings. The first-order valence-corrected chi connectivity index (χ1v) is 10.3. The number of nitrogens with zero attached hydrogens (tertiary/aromatic N) is 5. The summed E-state index contributed by atoms with van der Waals surface area (Å²) < 4.78 is 15.2. The topological polar surface area (TPSA) is 62.6 Å². The van der Waals surface area contributed by atoms with Gasteiger partial charge < -0.3 is 4.90 Å². The monoisotopic (exact) mass is 406 g/mol. The van der Waals surface area contributed by atoms with E-state index < -0.39 is 0 Å². The lowest BCUT2D eigenvalue weighted by Crippen LogP contribution is -2.26. The zero-order valence-corrected chi connectivity index (χ0v) is 17.8. The molecule has 0 aliphatic carbocycles. The summed E-state index contributed by atoms with van der Waals surface area (Å²) in [4.78, 5) is 2.26. The fraction of sp³-hybridized carbons (Fsp3) is 0.348. The molecule has 1 N–H and O–H groups in total. The van der Waals surface area contributed by atoms with Crippen LogP contribution in [0, 0.1) is 5.82 Å². The van der Waals surface area contributed by atoms with Crippen LogP contribution in [0.5, 0.6) is 0 Å². The number of rotatable bonds is 7. The maximum atomic E-state index is 13.4. The highest BCUT2D eigenvalue weighted by Gasteiger charge is 2.16. The molecule has 0 bridgehead atoms. The molecule has 6 nitrogen and oxygen atoms in total. The number of hydrogen-bond acceptors (Lipinski definition) is 4. The fourth-order valence-electron chi connectivity index (χ4n) is 3.75. The van der Waals surface area contributed by atoms with Gasteiger partial charge in [-0.25, -0.2) is 9.07 Å². The molecular weight excluding hydrogens is 379 g/mol. The lowest BCUT2D eigenvalue weighted by Gasteiger charge is -2.25. The van der Waals surface area contributed by atoms with E-state index >= 15 is 0 Å². The Morgan fingerprint density at radius 1 is 1.13 bits per heavy atom. The number of halogens is 1. The minimum Gasteiger partial charge on any atom is -0.307 e. The highest BCUT2D eigenvalue weighted by molar-refractivity contribution is 5.91. The molecule has 2 aromatic heterocycles. The van der Waals surface area contributed by atoms with Crippen molar-refractivity contribution < 1.29 is 4.39 Å². The van der Waals surface area contributed by atoms with Crippen molar-refractivity contribution in [2.45, 2.75) is 38.6 Å². The summed E-state index contributed by atoms with van der Waals surface area (Å²) in [5.74, 6) is 0.227. The Morgan fingerprint density at radius 3 is 2.60 bits per heavy atom. The Balaban J connectivity index is 1.56. The van der Waals surface area contributed by atoms with Gasteiger partial charge in [-0.05, 0) is 75.7 Å². The second kappa shape index (κ2) is 8.36. The zero-order chi connectivity index (χ0) is 21.3. The van der Waals surface area contributed by atoms with Crippen molar-refractivity contribution in [2.75, 3.05) is 14.1 Å². The molecule has 0 spiro atoms. The second-order valence-electron chi connectivity index (χ2n) is 8.06. The van der Waals surface area contributed by atoms with E-state index in [9.17, 15) is 4.39 Å². The Bertz CT molecular complexity index is 1130. The average molecular weight is 407 g/mol. The quantitative estimate of drug-likeness (QED) is 0.480. The first-order valence-electron chi connectivity index (χ1n) is 10.3. The lowest BCUT2D eigenvalue weighted by molar-refractivity contribution is 0.281. The van der Waals surface area contributed by atoms with Gasteiger partial charge in [0.15, 0.2) is 0 Å². The minimum atomic E-state index is -0.299. The summed E-state index contributed by atoms with van der Waals surface area (Å²) in [5.41, 5.74) is 4.23. The average Bonchev–Trinajstić information content (AvgIpc) is 3.38. The first kappa shape index (κ1) is 20.2. The van der Waals surface area contributed by atoms with Gasteiger partial charge in [0.2, 0.25) is 0 Å². The first-order chi connectivity index (χ1) is 14.5. The van der Waals surface area contributed by atoms with Gasteiger partial charge in [-0.2, -0.15) is 5.10 Å². The largest absolute Gasteiger partial charge is 0.307 e. The Hall–Kier alpha value is -3.06. The highest BCUT2D eigenvalue weighted by atomic mass is 19.1. The summed E-state index contributed by atoms with van der Waals surface area (Å²) >= 11 is 0. The normalized spacial score (nSPS) is 13.8. The molecule has 0 saturated carbocycles. The summed E-state index contributed by atoms with van der Waals surface area (Å²) in [5, 5.41) is 16.5. The number of nitrogens with one attached hydrogen (secondary N) is 1. The third-order valence-electron chi connectivity index (χ3n) is 5.89. The van der Waals surface area contributed by atoms with Gasteiger partial charge in [0.1, 0.15) is 17.2 Å². The van der Waals surface area contributed by atoms with Gasteiger partial charge in [-0.3, -0.25) is 5.10 Å². The van der Waals surface area contributed by atoms with Gasteiger partial charge in [0.05, 0.1) is 17.4 Å². The number of aromatic amines is 1. The van der Waals surface area contributed by atoms with Crippen LogP contribution in [0.15, 0.2) is 48.7 Å². The molecule has 0 saturated heterocycles. The summed E-state index contributed by atoms with van der Waals surface area (Å²) in [6, 6.07) is 13.6. The fourth-order valence-corrected chi connectivity index (χ4v) is 3.75. The number of benzene rings is 2. The Kier molecular flexibility index (Phi) is 5.63. The molecule has 2 heterocycles. The van der Waals surface area contributed by atoms with Crippen LogP contribution in [0.4, 0.5) is 4.39 Å². The molecule has 0 radical (unpaired) electrons. The Morgan fingerprint density at radius 2 is 1.90 bits per heavy atom. The van der Waals surface area contributed by atoms with Gasteiger partial charge in [0.25, 0.3) is 0 Å². The van der Waals surface area contributed by atoms with Crippen LogP contribution in [0.2, 0.25) is 0 Å². The van der Waals surface area contributed by atoms with Crippen LogP contribution in [0.1, 0.15) is 38.2 Å². The lowest BCUT2D eigenvalue weighted by atomic mass is 9.90. The highest BCUT2D eigenvalue weighted by Crippen LogP contribution is 2.28. The standard InChI is InChI=1S/C23H27FN6/c1-5-16(12-15(2)29(3)4)17-6-9-19(10-7-17)30-14-22(26-28-30)23-20-11-8-18(24)13-21(20)25-27-23/h6-11,13-16H,5,12H2,1-4H3,(H,25,27)/t15-,16-/m0/s1. The van der Waals surface area contributed by atoms with Crippen LogP contribution < -0.4 is 0 Å². The zero-order valence-electron chi connectivity index (χ0n) is 17.8. The van der Waals surface area contributed by atoms with Gasteiger partial charge in [-0.1, -0.05) is 24.3 Å². The van der Waals surface area contributed by atoms with Crippen LogP contribution in [-0.2, 0) is 0 Å². The van der Waals surface area contributed by atoms with E-state index in [1.807, 2.05) is 6.20 Å². The van der Waals surface area contributed by atoms with Crippen LogP contribution in [0.3, 0.4) is 0 Å². The molecule has 4 aromatic rings. The van der Waals surface area contributed by atoms with E-state index in [0.29, 0.717) is 28.9 Å². The van der Waals surface area contributed by atoms with E-state index in [0.717, 1.165) is 23.9 Å². The summed E-state index contributed by atoms with van der Waals surface area (Å²) in [7, 11) is 4.25. The van der Waals surface area contributed by atoms with Crippen molar-refractivity contribution >= 4 is 10.9 Å². The summed E-state index contributed by atoms with van der Waals surface area (Å²) in [6.07, 6.45) is 4.08. The number of aromatic nitrogens is 5. The van der Waals surface area contributed by atoms with Gasteiger partial charge >= 0.3 is 0 Å². The third kappa shape index (κ3) is 3.98. The molecule has 0 fully saturated rings. The predicted octanol–water partition coefficient (Wildman–Crippen LogP) is 4.78. The van der Waals surface area contributed by atoms with Crippen LogP contribution in [0.25, 0.3) is 28.0 Å². The van der Waals surface area contributed by atoms with Crippen molar-refractivity contribution in [1.29, 1.82) is 0 Å². The smallest absolute Gasteiger partial charge is 0.134 e. The number of fused-ring (bicyclic) bond motifs is 1. The van der Waals surface area contributed by atoms with E-state index in [-0.39, 0.29) is 5.82 Å². The summed E-state index contributed by atoms with van der Waals surface area (Å²) in [6.45, 7) is 4.51. The number of H-pyrrole nitrogens is 1. The van der Waals surface area contributed by atoms with Gasteiger partial charge in [0, 0.05) is 11.4 Å². The van der Waals surface area contributed by atoms with E-state index in [1.165, 1.54) is 17.7 Å². The molecule has 2 aromatic carbocycles. The van der Waals surface area contributed by atoms with Crippen LogP contribution in [-0.4, -0.2) is 50.2 Å². The SMILES string of the molecule is CC[C@@H](C[C@H](C)N(C)C)c1ccc(-n2cc(-c3n[nH]c4cc(F)ccc34)nn2)cc1. The molecular formula is C23H27FN6. The van der Waals surface area contributed by atoms with Crippen molar-refractivity contribution in [2.24, 2.45) is 0 Å². The molecule has 4 rings (SSSR count). The molecule has 30 heavy (non-hydrogen) atoms. The van der Waals surface area contributed by atoms with E-state index in [4.69, 9.17) is 0 Å². The van der Waals surface area contributed by atoms with Crippen molar-refractivity contribution in [3.8, 4) is 17.1 Å². The maximum absolute atomic E-state index is 13.4. The van der Waals surface area contributed by atoms with E-state index in [1.54, 1.807) is 10.7 Å². The minimum absolute atomic E-state index is 0.299. The molecule has 0 amide bonds. The van der Waals surface area contributed by atoms with Crippen molar-refractivity contribution in [1.82, 2.24) is 30.1 Å². The molecule has 0 aliphatic heterocycles. The second-order valence-corrected chi connectivity index (χ2v) is 8.06. The van der Waals surface area contributed by atoms with Gasteiger partial charge in [-0.15, -0.1) is 5.10 Å². The predicted molar refractivity (Wildman–Crippen MR) is 117 cm³/mol.